The number of amides is 1. The minimum Gasteiger partial charge on any atom is -0.490 e. The van der Waals surface area contributed by atoms with Crippen LogP contribution in [0.5, 0.6) is 5.75 Å². The molecule has 0 heterocycles. The third-order valence-corrected chi connectivity index (χ3v) is 4.92. The summed E-state index contributed by atoms with van der Waals surface area (Å²) in [4.78, 5) is 24.3. The molecule has 2 unspecified atom stereocenters. The largest absolute Gasteiger partial charge is 0.490 e. The number of carbonyl (C=O) groups is 2. The third-order valence-electron chi connectivity index (χ3n) is 4.31. The van der Waals surface area contributed by atoms with Crippen molar-refractivity contribution in [1.29, 1.82) is 0 Å². The Morgan fingerprint density at radius 2 is 2.00 bits per heavy atom. The number of nitrogens with one attached hydrogen (secondary N) is 2. The smallest absolute Gasteiger partial charge is 0.405 e. The highest BCUT2D eigenvalue weighted by atomic mass is 79.9. The number of carboxylic acid groups (broad SMARTS) is 1. The molecule has 3 N–H and O–H groups in total. The van der Waals surface area contributed by atoms with Crippen LogP contribution >= 0.6 is 15.9 Å². The molecule has 2 aromatic carbocycles. The zero-order valence-corrected chi connectivity index (χ0v) is 18.4. The monoisotopic (exact) mass is 481 g/mol. The maximum Gasteiger partial charge on any atom is 0.405 e. The van der Waals surface area contributed by atoms with Crippen LogP contribution < -0.4 is 15.4 Å². The molecule has 0 spiro atoms. The van der Waals surface area contributed by atoms with Crippen LogP contribution in [0.25, 0.3) is 0 Å². The molecule has 2 atom stereocenters. The number of rotatable bonds is 11. The molecule has 2 rings (SSSR count). The number of halogens is 2. The normalized spacial score (nSPS) is 12.8. The van der Waals surface area contributed by atoms with E-state index in [-0.39, 0.29) is 10.9 Å². The fourth-order valence-electron chi connectivity index (χ4n) is 2.81. The van der Waals surface area contributed by atoms with E-state index in [0.717, 1.165) is 5.56 Å². The lowest BCUT2D eigenvalue weighted by Crippen LogP contribution is -2.37. The van der Waals surface area contributed by atoms with Gasteiger partial charge in [-0.1, -0.05) is 30.3 Å². The molecule has 1 amide bonds. The topological polar surface area (TPSA) is 90.9 Å². The Bertz CT molecular complexity index is 852. The number of ether oxygens (including phenoxy) is 1. The predicted octanol–water partition coefficient (Wildman–Crippen LogP) is 3.91. The second-order valence-electron chi connectivity index (χ2n) is 6.95. The molecule has 162 valence electrons. The summed E-state index contributed by atoms with van der Waals surface area (Å²) >= 11 is 3.18. The highest BCUT2D eigenvalue weighted by molar-refractivity contribution is 9.10. The highest BCUT2D eigenvalue weighted by Crippen LogP contribution is 2.34. The van der Waals surface area contributed by atoms with Gasteiger partial charge in [0.15, 0.2) is 0 Å². The minimum absolute atomic E-state index is 0.134. The van der Waals surface area contributed by atoms with E-state index in [1.54, 1.807) is 6.07 Å². The van der Waals surface area contributed by atoms with Crippen molar-refractivity contribution in [2.45, 2.75) is 18.5 Å². The van der Waals surface area contributed by atoms with E-state index >= 15 is 0 Å². The Morgan fingerprint density at radius 3 is 2.60 bits per heavy atom. The van der Waals surface area contributed by atoms with Crippen molar-refractivity contribution in [3.63, 3.8) is 0 Å². The minimum atomic E-state index is -1.29. The summed E-state index contributed by atoms with van der Waals surface area (Å²) in [6, 6.07) is 10.7. The van der Waals surface area contributed by atoms with Gasteiger partial charge >= 0.3 is 6.09 Å². The van der Waals surface area contributed by atoms with Gasteiger partial charge in [-0.25, -0.2) is 9.18 Å². The average molecular weight is 482 g/mol. The SMILES string of the molecule is CN(C)CCOc1cc(Br)c(F)cc1NC(CC(C=O)NC(=O)O)c1ccccc1. The van der Waals surface area contributed by atoms with Gasteiger partial charge in [0.25, 0.3) is 0 Å². The van der Waals surface area contributed by atoms with Crippen molar-refractivity contribution in [3.05, 3.63) is 58.3 Å². The molecular formula is C21H25BrFN3O4. The summed E-state index contributed by atoms with van der Waals surface area (Å²) < 4.78 is 20.4. The maximum atomic E-state index is 14.3. The van der Waals surface area contributed by atoms with E-state index in [2.05, 4.69) is 26.6 Å². The molecule has 0 radical (unpaired) electrons. The van der Waals surface area contributed by atoms with E-state index in [9.17, 15) is 14.0 Å². The van der Waals surface area contributed by atoms with Crippen molar-refractivity contribution in [3.8, 4) is 5.75 Å². The Kier molecular flexibility index (Phi) is 9.07. The van der Waals surface area contributed by atoms with E-state index in [1.165, 1.54) is 6.07 Å². The lowest BCUT2D eigenvalue weighted by molar-refractivity contribution is -0.109. The van der Waals surface area contributed by atoms with E-state index in [4.69, 9.17) is 9.84 Å². The fraction of sp³-hybridized carbons (Fsp3) is 0.333. The van der Waals surface area contributed by atoms with Gasteiger partial charge in [0.2, 0.25) is 0 Å². The molecule has 2 aromatic rings. The number of hydrogen-bond acceptors (Lipinski definition) is 5. The molecule has 0 saturated heterocycles. The average Bonchev–Trinajstić information content (AvgIpc) is 2.70. The van der Waals surface area contributed by atoms with Crippen molar-refractivity contribution in [2.24, 2.45) is 0 Å². The molecule has 0 aliphatic carbocycles. The molecule has 9 heteroatoms. The molecule has 0 saturated carbocycles. The molecule has 0 aromatic heterocycles. The molecule has 7 nitrogen and oxygen atoms in total. The van der Waals surface area contributed by atoms with Crippen LogP contribution in [0.2, 0.25) is 0 Å². The maximum absolute atomic E-state index is 14.3. The van der Waals surface area contributed by atoms with Crippen LogP contribution in [0.3, 0.4) is 0 Å². The van der Waals surface area contributed by atoms with Crippen molar-refractivity contribution in [2.75, 3.05) is 32.6 Å². The third kappa shape index (κ3) is 7.31. The van der Waals surface area contributed by atoms with Gasteiger partial charge in [0, 0.05) is 12.6 Å². The van der Waals surface area contributed by atoms with Crippen LogP contribution in [-0.4, -0.2) is 55.7 Å². The van der Waals surface area contributed by atoms with Crippen LogP contribution in [0.1, 0.15) is 18.0 Å². The van der Waals surface area contributed by atoms with Gasteiger partial charge < -0.3 is 30.2 Å². The van der Waals surface area contributed by atoms with Crippen LogP contribution in [0, 0.1) is 5.82 Å². The van der Waals surface area contributed by atoms with Crippen LogP contribution in [-0.2, 0) is 4.79 Å². The fourth-order valence-corrected chi connectivity index (χ4v) is 3.13. The predicted molar refractivity (Wildman–Crippen MR) is 117 cm³/mol. The van der Waals surface area contributed by atoms with Crippen LogP contribution in [0.15, 0.2) is 46.9 Å². The standard InChI is InChI=1S/C21H25BrFN3O4/c1-26(2)8-9-30-20-11-16(22)17(23)12-19(20)25-18(14-6-4-3-5-7-14)10-15(13-27)24-21(28)29/h3-7,11-13,15,18,24-25H,8-10H2,1-2H3,(H,28,29). The zero-order valence-electron chi connectivity index (χ0n) is 16.8. The first-order valence-electron chi connectivity index (χ1n) is 9.33. The lowest BCUT2D eigenvalue weighted by Gasteiger charge is -2.25. The van der Waals surface area contributed by atoms with E-state index in [1.807, 2.05) is 49.3 Å². The summed E-state index contributed by atoms with van der Waals surface area (Å²) in [5.74, 6) is -0.0280. The van der Waals surface area contributed by atoms with E-state index in [0.29, 0.717) is 30.9 Å². The Morgan fingerprint density at radius 1 is 1.30 bits per heavy atom. The first kappa shape index (κ1) is 23.6. The molecule has 0 bridgehead atoms. The van der Waals surface area contributed by atoms with Gasteiger partial charge in [-0.15, -0.1) is 0 Å². The number of benzene rings is 2. The summed E-state index contributed by atoms with van der Waals surface area (Å²) in [7, 11) is 3.84. The number of hydrogen-bond donors (Lipinski definition) is 3. The van der Waals surface area contributed by atoms with Gasteiger partial charge in [-0.3, -0.25) is 0 Å². The summed E-state index contributed by atoms with van der Waals surface area (Å²) in [5, 5.41) is 14.4. The number of aldehydes is 1. The van der Waals surface area contributed by atoms with Crippen molar-refractivity contribution < 1.29 is 23.8 Å². The highest BCUT2D eigenvalue weighted by Gasteiger charge is 2.21. The lowest BCUT2D eigenvalue weighted by atomic mass is 9.99. The summed E-state index contributed by atoms with van der Waals surface area (Å²) in [6.07, 6.45) is -0.613. The second-order valence-corrected chi connectivity index (χ2v) is 7.80. The Hall–Kier alpha value is -2.65. The van der Waals surface area contributed by atoms with Crippen molar-refractivity contribution in [1.82, 2.24) is 10.2 Å². The molecule has 0 aliphatic rings. The number of nitrogens with zero attached hydrogens (tertiary/aromatic N) is 1. The van der Waals surface area contributed by atoms with Gasteiger partial charge in [0.05, 0.1) is 22.2 Å². The molecular weight excluding hydrogens is 457 g/mol. The van der Waals surface area contributed by atoms with Gasteiger partial charge in [-0.2, -0.15) is 0 Å². The van der Waals surface area contributed by atoms with Gasteiger partial charge in [-0.05, 0) is 48.1 Å². The quantitative estimate of drug-likeness (QED) is 0.421. The Balaban J connectivity index is 2.32. The molecule has 30 heavy (non-hydrogen) atoms. The summed E-state index contributed by atoms with van der Waals surface area (Å²) in [6.45, 7) is 1.07. The molecule has 0 fully saturated rings. The van der Waals surface area contributed by atoms with Gasteiger partial charge in [0.1, 0.15) is 24.5 Å². The zero-order chi connectivity index (χ0) is 22.1. The second kappa shape index (κ2) is 11.5. The number of carbonyl (C=O) groups excluding carboxylic acids is 1. The molecule has 0 aliphatic heterocycles. The first-order valence-corrected chi connectivity index (χ1v) is 10.1. The van der Waals surface area contributed by atoms with Crippen molar-refractivity contribution >= 4 is 34.0 Å². The number of likely N-dealkylation sites (N-methyl/N-ethyl adjacent to an activating group) is 1. The summed E-state index contributed by atoms with van der Waals surface area (Å²) in [5.41, 5.74) is 1.22. The number of anilines is 1. The first-order chi connectivity index (χ1) is 14.3. The van der Waals surface area contributed by atoms with E-state index < -0.39 is 24.0 Å². The van der Waals surface area contributed by atoms with Crippen LogP contribution in [0.4, 0.5) is 14.9 Å². The Labute approximate surface area is 183 Å².